The SMILES string of the molecule is CC(NCC(O)CO)c1ccc(Br)cc1. The van der Waals surface area contributed by atoms with Crippen LogP contribution in [-0.2, 0) is 0 Å². The highest BCUT2D eigenvalue weighted by Gasteiger charge is 2.07. The van der Waals surface area contributed by atoms with E-state index < -0.39 is 6.10 Å². The molecule has 15 heavy (non-hydrogen) atoms. The average molecular weight is 274 g/mol. The van der Waals surface area contributed by atoms with Gasteiger partial charge in [0.15, 0.2) is 0 Å². The second kappa shape index (κ2) is 6.23. The molecule has 0 saturated carbocycles. The molecule has 3 nitrogen and oxygen atoms in total. The molecule has 0 bridgehead atoms. The van der Waals surface area contributed by atoms with Crippen LogP contribution < -0.4 is 5.32 Å². The van der Waals surface area contributed by atoms with E-state index in [2.05, 4.69) is 21.2 Å². The number of hydrogen-bond donors (Lipinski definition) is 3. The summed E-state index contributed by atoms with van der Waals surface area (Å²) >= 11 is 3.37. The van der Waals surface area contributed by atoms with Crippen molar-refractivity contribution in [2.75, 3.05) is 13.2 Å². The predicted molar refractivity (Wildman–Crippen MR) is 63.7 cm³/mol. The molecule has 0 aliphatic heterocycles. The molecule has 4 heteroatoms. The van der Waals surface area contributed by atoms with Crippen LogP contribution >= 0.6 is 15.9 Å². The zero-order chi connectivity index (χ0) is 11.3. The van der Waals surface area contributed by atoms with Crippen molar-refractivity contribution < 1.29 is 10.2 Å². The zero-order valence-corrected chi connectivity index (χ0v) is 10.2. The molecule has 0 fully saturated rings. The first-order valence-electron chi connectivity index (χ1n) is 4.91. The lowest BCUT2D eigenvalue weighted by molar-refractivity contribution is 0.0924. The third-order valence-corrected chi connectivity index (χ3v) is 2.77. The zero-order valence-electron chi connectivity index (χ0n) is 8.65. The molecule has 3 N–H and O–H groups in total. The highest BCUT2D eigenvalue weighted by atomic mass is 79.9. The van der Waals surface area contributed by atoms with E-state index >= 15 is 0 Å². The minimum atomic E-state index is -0.692. The van der Waals surface area contributed by atoms with Gasteiger partial charge in [-0.3, -0.25) is 0 Å². The summed E-state index contributed by atoms with van der Waals surface area (Å²) in [7, 11) is 0. The van der Waals surface area contributed by atoms with Gasteiger partial charge in [0, 0.05) is 17.1 Å². The maximum Gasteiger partial charge on any atom is 0.0895 e. The fraction of sp³-hybridized carbons (Fsp3) is 0.455. The van der Waals surface area contributed by atoms with Crippen molar-refractivity contribution in [3.63, 3.8) is 0 Å². The monoisotopic (exact) mass is 273 g/mol. The Balaban J connectivity index is 2.46. The average Bonchev–Trinajstić information content (AvgIpc) is 2.26. The molecule has 2 atom stereocenters. The number of benzene rings is 1. The van der Waals surface area contributed by atoms with Crippen LogP contribution in [-0.4, -0.2) is 29.5 Å². The predicted octanol–water partition coefficient (Wildman–Crippen LogP) is 1.45. The topological polar surface area (TPSA) is 52.5 Å². The molecule has 2 unspecified atom stereocenters. The summed E-state index contributed by atoms with van der Waals surface area (Å²) in [5, 5.41) is 21.0. The lowest BCUT2D eigenvalue weighted by Crippen LogP contribution is -2.31. The van der Waals surface area contributed by atoms with Gasteiger partial charge in [0.1, 0.15) is 0 Å². The summed E-state index contributed by atoms with van der Waals surface area (Å²) in [6, 6.07) is 8.17. The standard InChI is InChI=1S/C11H16BrNO2/c1-8(13-6-11(15)7-14)9-2-4-10(12)5-3-9/h2-5,8,11,13-15H,6-7H2,1H3. The third-order valence-electron chi connectivity index (χ3n) is 2.24. The maximum atomic E-state index is 9.18. The van der Waals surface area contributed by atoms with Crippen molar-refractivity contribution >= 4 is 15.9 Å². The van der Waals surface area contributed by atoms with Crippen LogP contribution in [0, 0.1) is 0 Å². The molecular formula is C11H16BrNO2. The Kier molecular flexibility index (Phi) is 5.25. The van der Waals surface area contributed by atoms with Gasteiger partial charge < -0.3 is 15.5 Å². The van der Waals surface area contributed by atoms with Gasteiger partial charge in [0.2, 0.25) is 0 Å². The van der Waals surface area contributed by atoms with Crippen LogP contribution in [0.3, 0.4) is 0 Å². The second-order valence-corrected chi connectivity index (χ2v) is 4.43. The van der Waals surface area contributed by atoms with Crippen molar-refractivity contribution in [3.8, 4) is 0 Å². The Morgan fingerprint density at radius 1 is 1.33 bits per heavy atom. The number of aliphatic hydroxyl groups excluding tert-OH is 2. The fourth-order valence-corrected chi connectivity index (χ4v) is 1.51. The molecular weight excluding hydrogens is 258 g/mol. The summed E-state index contributed by atoms with van der Waals surface area (Å²) in [5.41, 5.74) is 1.16. The van der Waals surface area contributed by atoms with Gasteiger partial charge in [0.25, 0.3) is 0 Å². The molecule has 1 aromatic rings. The van der Waals surface area contributed by atoms with E-state index in [0.29, 0.717) is 6.54 Å². The van der Waals surface area contributed by atoms with Crippen LogP contribution in [0.15, 0.2) is 28.7 Å². The lowest BCUT2D eigenvalue weighted by Gasteiger charge is -2.16. The summed E-state index contributed by atoms with van der Waals surface area (Å²) in [5.74, 6) is 0. The van der Waals surface area contributed by atoms with Gasteiger partial charge in [-0.05, 0) is 24.6 Å². The van der Waals surface area contributed by atoms with Gasteiger partial charge in [-0.25, -0.2) is 0 Å². The molecule has 0 aromatic heterocycles. The number of aliphatic hydroxyl groups is 2. The fourth-order valence-electron chi connectivity index (χ4n) is 1.25. The van der Waals surface area contributed by atoms with E-state index in [0.717, 1.165) is 10.0 Å². The van der Waals surface area contributed by atoms with E-state index in [1.807, 2.05) is 31.2 Å². The molecule has 0 saturated heterocycles. The number of hydrogen-bond acceptors (Lipinski definition) is 3. The van der Waals surface area contributed by atoms with Crippen molar-refractivity contribution in [1.29, 1.82) is 0 Å². The highest BCUT2D eigenvalue weighted by Crippen LogP contribution is 2.16. The number of halogens is 1. The Hall–Kier alpha value is -0.420. The molecule has 0 amide bonds. The quantitative estimate of drug-likeness (QED) is 0.761. The van der Waals surface area contributed by atoms with Gasteiger partial charge >= 0.3 is 0 Å². The highest BCUT2D eigenvalue weighted by molar-refractivity contribution is 9.10. The van der Waals surface area contributed by atoms with Crippen LogP contribution in [0.4, 0.5) is 0 Å². The Labute approximate surface area is 98.3 Å². The van der Waals surface area contributed by atoms with Gasteiger partial charge in [-0.2, -0.15) is 0 Å². The van der Waals surface area contributed by atoms with E-state index in [-0.39, 0.29) is 12.6 Å². The molecule has 0 heterocycles. The van der Waals surface area contributed by atoms with E-state index in [4.69, 9.17) is 5.11 Å². The Bertz CT molecular complexity index is 289. The number of rotatable bonds is 5. The van der Waals surface area contributed by atoms with E-state index in [1.54, 1.807) is 0 Å². The molecule has 0 spiro atoms. The molecule has 84 valence electrons. The second-order valence-electron chi connectivity index (χ2n) is 3.52. The van der Waals surface area contributed by atoms with Gasteiger partial charge in [-0.1, -0.05) is 28.1 Å². The van der Waals surface area contributed by atoms with Crippen LogP contribution in [0.5, 0.6) is 0 Å². The van der Waals surface area contributed by atoms with E-state index in [9.17, 15) is 5.11 Å². The number of nitrogens with one attached hydrogen (secondary N) is 1. The van der Waals surface area contributed by atoms with E-state index in [1.165, 1.54) is 0 Å². The van der Waals surface area contributed by atoms with Crippen LogP contribution in [0.1, 0.15) is 18.5 Å². The summed E-state index contributed by atoms with van der Waals surface area (Å²) in [4.78, 5) is 0. The smallest absolute Gasteiger partial charge is 0.0895 e. The normalized spacial score (nSPS) is 14.9. The summed E-state index contributed by atoms with van der Waals surface area (Å²) < 4.78 is 1.05. The molecule has 0 radical (unpaired) electrons. The Morgan fingerprint density at radius 3 is 2.47 bits per heavy atom. The van der Waals surface area contributed by atoms with Crippen LogP contribution in [0.2, 0.25) is 0 Å². The first-order valence-corrected chi connectivity index (χ1v) is 5.70. The third kappa shape index (κ3) is 4.30. The first kappa shape index (κ1) is 12.6. The molecule has 1 aromatic carbocycles. The molecule has 0 aliphatic rings. The van der Waals surface area contributed by atoms with Gasteiger partial charge in [0.05, 0.1) is 12.7 Å². The largest absolute Gasteiger partial charge is 0.394 e. The molecule has 1 rings (SSSR count). The van der Waals surface area contributed by atoms with Gasteiger partial charge in [-0.15, -0.1) is 0 Å². The summed E-state index contributed by atoms with van der Waals surface area (Å²) in [6.07, 6.45) is -0.692. The van der Waals surface area contributed by atoms with Crippen molar-refractivity contribution in [3.05, 3.63) is 34.3 Å². The van der Waals surface area contributed by atoms with Crippen molar-refractivity contribution in [2.24, 2.45) is 0 Å². The summed E-state index contributed by atoms with van der Waals surface area (Å²) in [6.45, 7) is 2.21. The minimum absolute atomic E-state index is 0.166. The molecule has 0 aliphatic carbocycles. The van der Waals surface area contributed by atoms with Crippen molar-refractivity contribution in [2.45, 2.75) is 19.1 Å². The Morgan fingerprint density at radius 2 is 1.93 bits per heavy atom. The minimum Gasteiger partial charge on any atom is -0.394 e. The lowest BCUT2D eigenvalue weighted by atomic mass is 10.1. The maximum absolute atomic E-state index is 9.18. The van der Waals surface area contributed by atoms with Crippen LogP contribution in [0.25, 0.3) is 0 Å². The first-order chi connectivity index (χ1) is 7.13. The van der Waals surface area contributed by atoms with Crippen molar-refractivity contribution in [1.82, 2.24) is 5.32 Å².